The van der Waals surface area contributed by atoms with Crippen LogP contribution in [0.25, 0.3) is 0 Å². The number of nitrogens with zero attached hydrogens (tertiary/aromatic N) is 2. The minimum atomic E-state index is 0. The second-order valence-corrected chi connectivity index (χ2v) is 1.75. The van der Waals surface area contributed by atoms with Crippen molar-refractivity contribution >= 4 is 18.6 Å². The number of hydrogen-bond donors (Lipinski definition) is 1. The molecule has 0 aliphatic rings. The van der Waals surface area contributed by atoms with E-state index in [-0.39, 0.29) is 35.5 Å². The first kappa shape index (κ1) is 9.10. The summed E-state index contributed by atoms with van der Waals surface area (Å²) in [4.78, 5) is 7.89. The zero-order valence-corrected chi connectivity index (χ0v) is 7.85. The van der Waals surface area contributed by atoms with Crippen molar-refractivity contribution in [3.63, 3.8) is 0 Å². The summed E-state index contributed by atoms with van der Waals surface area (Å²) in [6.45, 7) is 0. The maximum Gasteiger partial charge on any atom is 1.00 e. The molecule has 1 heterocycles. The van der Waals surface area contributed by atoms with Gasteiger partial charge in [-0.3, -0.25) is 0 Å². The van der Waals surface area contributed by atoms with E-state index in [2.05, 4.69) is 9.97 Å². The predicted molar refractivity (Wildman–Crippen MR) is 32.1 cm³/mol. The molecule has 0 aliphatic heterocycles. The van der Waals surface area contributed by atoms with E-state index in [1.165, 1.54) is 12.4 Å². The second kappa shape index (κ2) is 4.00. The summed E-state index contributed by atoms with van der Waals surface area (Å²) in [6, 6.07) is 0. The molecule has 3 nitrogen and oxygen atoms in total. The second-order valence-electron chi connectivity index (χ2n) is 1.28. The molecule has 0 fully saturated rings. The van der Waals surface area contributed by atoms with Crippen LogP contribution in [-0.4, -0.2) is 9.97 Å². The number of rotatable bonds is 0. The van der Waals surface area contributed by atoms with Gasteiger partial charge in [0.1, 0.15) is 0 Å². The van der Waals surface area contributed by atoms with Crippen LogP contribution < -0.4 is 35.3 Å². The molecule has 0 unspecified atom stereocenters. The fourth-order valence-corrected chi connectivity index (χ4v) is 0.432. The summed E-state index contributed by atoms with van der Waals surface area (Å²) < 4.78 is 0. The average molecular weight is 149 g/mol. The Morgan fingerprint density at radius 1 is 1.33 bits per heavy atom. The van der Waals surface area contributed by atoms with E-state index in [1.54, 1.807) is 0 Å². The fraction of sp³-hybridized carbons (Fsp3) is 0. The fourth-order valence-electron chi connectivity index (χ4n) is 0.326. The molecular formula is C4H4N3NaS. The predicted octanol–water partition coefficient (Wildman–Crippen LogP) is -3.03. The Hall–Kier alpha value is 0.1000. The molecule has 1 aromatic rings. The Morgan fingerprint density at radius 3 is 2.11 bits per heavy atom. The monoisotopic (exact) mass is 149 g/mol. The summed E-state index contributed by atoms with van der Waals surface area (Å²) in [5.74, 6) is 0.263. The molecule has 0 atom stereocenters. The molecule has 1 rings (SSSR count). The van der Waals surface area contributed by atoms with Gasteiger partial charge in [0.15, 0.2) is 0 Å². The zero-order chi connectivity index (χ0) is 5.98. The van der Waals surface area contributed by atoms with Crippen LogP contribution in [0.4, 0.5) is 5.95 Å². The number of nitrogens with two attached hydrogens (primary N) is 1. The molecule has 0 aromatic carbocycles. The van der Waals surface area contributed by atoms with Crippen molar-refractivity contribution in [1.82, 2.24) is 9.97 Å². The third-order valence-corrected chi connectivity index (χ3v) is 0.859. The van der Waals surface area contributed by atoms with Crippen molar-refractivity contribution < 1.29 is 29.6 Å². The van der Waals surface area contributed by atoms with Gasteiger partial charge in [-0.2, -0.15) is 0 Å². The maximum absolute atomic E-state index is 5.16. The molecule has 0 saturated heterocycles. The van der Waals surface area contributed by atoms with Crippen molar-refractivity contribution in [2.75, 3.05) is 5.73 Å². The zero-order valence-electron chi connectivity index (χ0n) is 5.03. The van der Waals surface area contributed by atoms with Crippen molar-refractivity contribution in [1.29, 1.82) is 0 Å². The van der Waals surface area contributed by atoms with Crippen LogP contribution in [0.5, 0.6) is 0 Å². The van der Waals surface area contributed by atoms with E-state index in [0.29, 0.717) is 4.90 Å². The smallest absolute Gasteiger partial charge is 0.777 e. The Balaban J connectivity index is 0.000000640. The van der Waals surface area contributed by atoms with Crippen molar-refractivity contribution in [3.05, 3.63) is 12.4 Å². The Labute approximate surface area is 80.8 Å². The molecule has 9 heavy (non-hydrogen) atoms. The molecule has 0 amide bonds. The summed E-state index contributed by atoms with van der Waals surface area (Å²) in [5.41, 5.74) is 5.16. The average Bonchev–Trinajstić information content (AvgIpc) is 1.77. The minimum absolute atomic E-state index is 0. The van der Waals surface area contributed by atoms with Gasteiger partial charge in [0.25, 0.3) is 0 Å². The third-order valence-electron chi connectivity index (χ3n) is 0.648. The first-order valence-corrected chi connectivity index (χ1v) is 2.44. The van der Waals surface area contributed by atoms with Crippen LogP contribution in [0, 0.1) is 0 Å². The van der Waals surface area contributed by atoms with Gasteiger partial charge in [-0.05, 0) is 0 Å². The van der Waals surface area contributed by atoms with Crippen LogP contribution in [0.3, 0.4) is 0 Å². The maximum atomic E-state index is 5.16. The Kier molecular flexibility index (Phi) is 4.05. The largest absolute Gasteiger partial charge is 1.00 e. The van der Waals surface area contributed by atoms with Crippen LogP contribution in [0.1, 0.15) is 0 Å². The van der Waals surface area contributed by atoms with E-state index in [9.17, 15) is 0 Å². The van der Waals surface area contributed by atoms with E-state index in [4.69, 9.17) is 18.4 Å². The molecule has 0 aliphatic carbocycles. The van der Waals surface area contributed by atoms with Gasteiger partial charge in [0.2, 0.25) is 5.95 Å². The number of nitrogen functional groups attached to an aromatic ring is 1. The van der Waals surface area contributed by atoms with Crippen molar-refractivity contribution in [2.45, 2.75) is 4.90 Å². The van der Waals surface area contributed by atoms with Gasteiger partial charge in [-0.15, -0.1) is 4.90 Å². The molecule has 0 spiro atoms. The topological polar surface area (TPSA) is 51.8 Å². The summed E-state index contributed by atoms with van der Waals surface area (Å²) in [7, 11) is 0. The molecule has 42 valence electrons. The molecule has 0 saturated carbocycles. The quantitative estimate of drug-likeness (QED) is 0.315. The Bertz CT molecular complexity index is 155. The van der Waals surface area contributed by atoms with E-state index in [1.807, 2.05) is 0 Å². The molecular weight excluding hydrogens is 145 g/mol. The Morgan fingerprint density at radius 2 is 1.78 bits per heavy atom. The van der Waals surface area contributed by atoms with Crippen LogP contribution in [-0.2, 0) is 12.6 Å². The molecule has 0 radical (unpaired) electrons. The van der Waals surface area contributed by atoms with Gasteiger partial charge in [-0.25, -0.2) is 9.97 Å². The van der Waals surface area contributed by atoms with Gasteiger partial charge in [-0.1, -0.05) is 0 Å². The normalized spacial score (nSPS) is 8.00. The van der Waals surface area contributed by atoms with Gasteiger partial charge in [0, 0.05) is 12.4 Å². The standard InChI is InChI=1S/C4H5N3S.Na/c5-4-6-1-3(8)2-7-4;/h1-2,8H,(H2,5,6,7);/q;+1/p-1. The van der Waals surface area contributed by atoms with Crippen molar-refractivity contribution in [2.24, 2.45) is 0 Å². The van der Waals surface area contributed by atoms with E-state index < -0.39 is 0 Å². The number of hydrogen-bond acceptors (Lipinski definition) is 4. The third kappa shape index (κ3) is 2.95. The molecule has 1 aromatic heterocycles. The van der Waals surface area contributed by atoms with Crippen LogP contribution in [0.15, 0.2) is 17.3 Å². The molecule has 0 bridgehead atoms. The first-order valence-electron chi connectivity index (χ1n) is 2.03. The van der Waals surface area contributed by atoms with E-state index in [0.717, 1.165) is 0 Å². The first-order chi connectivity index (χ1) is 3.79. The number of anilines is 1. The summed E-state index contributed by atoms with van der Waals surface area (Å²) >= 11 is 4.69. The van der Waals surface area contributed by atoms with E-state index >= 15 is 0 Å². The minimum Gasteiger partial charge on any atom is -0.777 e. The SMILES string of the molecule is Nc1ncc([S-])cn1.[Na+]. The number of aromatic nitrogens is 2. The van der Waals surface area contributed by atoms with Crippen LogP contribution >= 0.6 is 0 Å². The van der Waals surface area contributed by atoms with Crippen LogP contribution in [0.2, 0.25) is 0 Å². The van der Waals surface area contributed by atoms with Gasteiger partial charge >= 0.3 is 29.6 Å². The molecule has 5 heteroatoms. The van der Waals surface area contributed by atoms with Crippen molar-refractivity contribution in [3.8, 4) is 0 Å². The summed E-state index contributed by atoms with van der Waals surface area (Å²) in [6.07, 6.45) is 3.00. The summed E-state index contributed by atoms with van der Waals surface area (Å²) in [5, 5.41) is 0. The molecule has 2 N–H and O–H groups in total. The van der Waals surface area contributed by atoms with Gasteiger partial charge < -0.3 is 18.4 Å². The van der Waals surface area contributed by atoms with Gasteiger partial charge in [0.05, 0.1) is 0 Å².